The van der Waals surface area contributed by atoms with Crippen LogP contribution in [0, 0.1) is 17.3 Å². The highest BCUT2D eigenvalue weighted by molar-refractivity contribution is 5.24. The molecule has 0 saturated heterocycles. The molecule has 1 N–H and O–H groups in total. The molecule has 1 fully saturated rings. The molecule has 1 heteroatoms. The lowest BCUT2D eigenvalue weighted by Crippen LogP contribution is -2.39. The van der Waals surface area contributed by atoms with Crippen LogP contribution in [0.4, 0.5) is 0 Å². The molecular weight excluding hydrogens is 196 g/mol. The molecule has 0 spiro atoms. The van der Waals surface area contributed by atoms with Gasteiger partial charge in [-0.2, -0.15) is 0 Å². The third kappa shape index (κ3) is 1.86. The molecule has 0 radical (unpaired) electrons. The number of hydrogen-bond donors (Lipinski definition) is 1. The third-order valence-electron chi connectivity index (χ3n) is 4.94. The lowest BCUT2D eigenvalue weighted by Gasteiger charge is -2.48. The zero-order chi connectivity index (χ0) is 11.9. The van der Waals surface area contributed by atoms with Crippen LogP contribution in [0.25, 0.3) is 0 Å². The van der Waals surface area contributed by atoms with E-state index in [9.17, 15) is 5.11 Å². The fourth-order valence-corrected chi connectivity index (χ4v) is 3.49. The first-order chi connectivity index (χ1) is 7.43. The summed E-state index contributed by atoms with van der Waals surface area (Å²) in [5.74, 6) is 1.27. The third-order valence-corrected chi connectivity index (χ3v) is 4.94. The molecule has 1 saturated carbocycles. The Labute approximate surface area is 99.3 Å². The Kier molecular flexibility index (Phi) is 3.00. The van der Waals surface area contributed by atoms with Crippen LogP contribution in [0.5, 0.6) is 0 Å². The molecular formula is C15H24O. The van der Waals surface area contributed by atoms with Crippen molar-refractivity contribution in [2.75, 3.05) is 0 Å². The lowest BCUT2D eigenvalue weighted by atomic mass is 9.57. The first-order valence-corrected chi connectivity index (χ1v) is 6.48. The van der Waals surface area contributed by atoms with Gasteiger partial charge in [0.25, 0.3) is 0 Å². The molecule has 0 aromatic rings. The fourth-order valence-electron chi connectivity index (χ4n) is 3.49. The summed E-state index contributed by atoms with van der Waals surface area (Å²) in [6.07, 6.45) is 6.42. The first kappa shape index (κ1) is 11.9. The SMILES string of the molecule is C=C(C)C1CCC2=C[C@H](O)CC(C)C2(C)C1. The van der Waals surface area contributed by atoms with Gasteiger partial charge >= 0.3 is 0 Å². The van der Waals surface area contributed by atoms with Gasteiger partial charge in [0.1, 0.15) is 0 Å². The smallest absolute Gasteiger partial charge is 0.0726 e. The second-order valence-electron chi connectivity index (χ2n) is 6.10. The van der Waals surface area contributed by atoms with E-state index < -0.39 is 0 Å². The van der Waals surface area contributed by atoms with Crippen molar-refractivity contribution in [3.05, 3.63) is 23.8 Å². The standard InChI is InChI=1S/C15H24O/c1-10(2)12-5-6-13-8-14(16)7-11(3)15(13,4)9-12/h8,11-12,14,16H,1,5-7,9H2,2-4H3/t11?,12?,14-,15?/m1/s1. The quantitative estimate of drug-likeness (QED) is 0.668. The molecule has 0 aromatic heterocycles. The van der Waals surface area contributed by atoms with Gasteiger partial charge in [-0.05, 0) is 49.9 Å². The highest BCUT2D eigenvalue weighted by atomic mass is 16.3. The van der Waals surface area contributed by atoms with E-state index in [0.717, 1.165) is 12.8 Å². The average molecular weight is 220 g/mol. The Bertz CT molecular complexity index is 328. The van der Waals surface area contributed by atoms with E-state index >= 15 is 0 Å². The van der Waals surface area contributed by atoms with Crippen molar-refractivity contribution < 1.29 is 5.11 Å². The molecule has 0 bridgehead atoms. The van der Waals surface area contributed by atoms with Crippen molar-refractivity contribution in [2.45, 2.75) is 52.6 Å². The van der Waals surface area contributed by atoms with E-state index in [0.29, 0.717) is 17.3 Å². The number of rotatable bonds is 1. The molecule has 2 aliphatic carbocycles. The Morgan fingerprint density at radius 1 is 1.56 bits per heavy atom. The van der Waals surface area contributed by atoms with Gasteiger partial charge in [-0.15, -0.1) is 0 Å². The van der Waals surface area contributed by atoms with Crippen LogP contribution in [-0.4, -0.2) is 11.2 Å². The van der Waals surface area contributed by atoms with Crippen LogP contribution in [-0.2, 0) is 0 Å². The lowest BCUT2D eigenvalue weighted by molar-refractivity contribution is 0.0882. The fraction of sp³-hybridized carbons (Fsp3) is 0.733. The predicted octanol–water partition coefficient (Wildman–Crippen LogP) is 3.70. The minimum absolute atomic E-state index is 0.209. The van der Waals surface area contributed by atoms with Gasteiger partial charge in [0.15, 0.2) is 0 Å². The number of hydrogen-bond acceptors (Lipinski definition) is 1. The Balaban J connectivity index is 2.26. The molecule has 0 heterocycles. The summed E-state index contributed by atoms with van der Waals surface area (Å²) < 4.78 is 0. The second kappa shape index (κ2) is 4.03. The maximum absolute atomic E-state index is 9.81. The topological polar surface area (TPSA) is 20.2 Å². The zero-order valence-corrected chi connectivity index (χ0v) is 10.8. The summed E-state index contributed by atoms with van der Waals surface area (Å²) in [5, 5.41) is 9.81. The number of allylic oxidation sites excluding steroid dienone is 2. The Hall–Kier alpha value is -0.560. The summed E-state index contributed by atoms with van der Waals surface area (Å²) in [6.45, 7) is 10.9. The van der Waals surface area contributed by atoms with Gasteiger partial charge in [-0.25, -0.2) is 0 Å². The molecule has 90 valence electrons. The number of fused-ring (bicyclic) bond motifs is 1. The van der Waals surface area contributed by atoms with Crippen molar-refractivity contribution in [1.82, 2.24) is 0 Å². The van der Waals surface area contributed by atoms with E-state index in [1.807, 2.05) is 0 Å². The Morgan fingerprint density at radius 2 is 2.25 bits per heavy atom. The van der Waals surface area contributed by atoms with Crippen molar-refractivity contribution in [3.63, 3.8) is 0 Å². The van der Waals surface area contributed by atoms with E-state index in [1.54, 1.807) is 0 Å². The molecule has 2 rings (SSSR count). The van der Waals surface area contributed by atoms with Gasteiger partial charge in [0.05, 0.1) is 6.10 Å². The highest BCUT2D eigenvalue weighted by Crippen LogP contribution is 2.53. The van der Waals surface area contributed by atoms with E-state index in [2.05, 4.69) is 33.4 Å². The van der Waals surface area contributed by atoms with Crippen LogP contribution in [0.3, 0.4) is 0 Å². The normalized spacial score (nSPS) is 43.5. The largest absolute Gasteiger partial charge is 0.389 e. The van der Waals surface area contributed by atoms with Gasteiger partial charge < -0.3 is 5.11 Å². The van der Waals surface area contributed by atoms with Crippen molar-refractivity contribution >= 4 is 0 Å². The van der Waals surface area contributed by atoms with Crippen molar-refractivity contribution in [3.8, 4) is 0 Å². The molecule has 3 unspecified atom stereocenters. The molecule has 0 aliphatic heterocycles. The van der Waals surface area contributed by atoms with Gasteiger partial charge in [0, 0.05) is 0 Å². The Morgan fingerprint density at radius 3 is 2.88 bits per heavy atom. The molecule has 0 aromatic carbocycles. The molecule has 2 aliphatic rings. The van der Waals surface area contributed by atoms with E-state index in [1.165, 1.54) is 24.0 Å². The van der Waals surface area contributed by atoms with Crippen molar-refractivity contribution in [1.29, 1.82) is 0 Å². The molecule has 4 atom stereocenters. The number of aliphatic hydroxyl groups excluding tert-OH is 1. The molecule has 16 heavy (non-hydrogen) atoms. The number of aliphatic hydroxyl groups is 1. The van der Waals surface area contributed by atoms with Crippen LogP contribution < -0.4 is 0 Å². The summed E-state index contributed by atoms with van der Waals surface area (Å²) in [4.78, 5) is 0. The highest BCUT2D eigenvalue weighted by Gasteiger charge is 2.43. The average Bonchev–Trinajstić information content (AvgIpc) is 2.19. The molecule has 1 nitrogen and oxygen atoms in total. The van der Waals surface area contributed by atoms with Crippen LogP contribution in [0.2, 0.25) is 0 Å². The van der Waals surface area contributed by atoms with Gasteiger partial charge in [0.2, 0.25) is 0 Å². The van der Waals surface area contributed by atoms with Crippen LogP contribution in [0.15, 0.2) is 23.8 Å². The monoisotopic (exact) mass is 220 g/mol. The minimum Gasteiger partial charge on any atom is -0.389 e. The second-order valence-corrected chi connectivity index (χ2v) is 6.10. The van der Waals surface area contributed by atoms with Gasteiger partial charge in [-0.1, -0.05) is 37.6 Å². The summed E-state index contributed by atoms with van der Waals surface area (Å²) in [6, 6.07) is 0. The first-order valence-electron chi connectivity index (χ1n) is 6.48. The van der Waals surface area contributed by atoms with Crippen LogP contribution >= 0.6 is 0 Å². The van der Waals surface area contributed by atoms with Crippen molar-refractivity contribution in [2.24, 2.45) is 17.3 Å². The molecule has 0 amide bonds. The van der Waals surface area contributed by atoms with E-state index in [-0.39, 0.29) is 6.10 Å². The predicted molar refractivity (Wildman–Crippen MR) is 68.1 cm³/mol. The summed E-state index contributed by atoms with van der Waals surface area (Å²) in [7, 11) is 0. The van der Waals surface area contributed by atoms with E-state index in [4.69, 9.17) is 0 Å². The maximum atomic E-state index is 9.81. The zero-order valence-electron chi connectivity index (χ0n) is 10.8. The van der Waals surface area contributed by atoms with Gasteiger partial charge in [-0.3, -0.25) is 0 Å². The van der Waals surface area contributed by atoms with Crippen LogP contribution in [0.1, 0.15) is 46.5 Å². The summed E-state index contributed by atoms with van der Waals surface area (Å²) >= 11 is 0. The maximum Gasteiger partial charge on any atom is 0.0726 e. The summed E-state index contributed by atoms with van der Waals surface area (Å²) in [5.41, 5.74) is 3.14. The minimum atomic E-state index is -0.209.